The fourth-order valence-electron chi connectivity index (χ4n) is 2.15. The van der Waals surface area contributed by atoms with Crippen molar-refractivity contribution in [2.75, 3.05) is 20.2 Å². The molecule has 1 aliphatic carbocycles. The summed E-state index contributed by atoms with van der Waals surface area (Å²) in [6, 6.07) is 8.81. The third-order valence-electron chi connectivity index (χ3n) is 3.81. The van der Waals surface area contributed by atoms with Crippen LogP contribution in [0.2, 0.25) is 0 Å². The van der Waals surface area contributed by atoms with Crippen LogP contribution in [0.3, 0.4) is 0 Å². The number of nitrogens with one attached hydrogen (secondary N) is 2. The molecule has 0 aromatic heterocycles. The van der Waals surface area contributed by atoms with E-state index in [2.05, 4.69) is 41.6 Å². The number of hydrogen-bond acceptors (Lipinski definition) is 2. The summed E-state index contributed by atoms with van der Waals surface area (Å²) in [5.74, 6) is 2.66. The lowest BCUT2D eigenvalue weighted by molar-refractivity contribution is 0.307. The molecule has 4 nitrogen and oxygen atoms in total. The smallest absolute Gasteiger partial charge is 0.191 e. The van der Waals surface area contributed by atoms with E-state index >= 15 is 0 Å². The van der Waals surface area contributed by atoms with Gasteiger partial charge in [0.25, 0.3) is 0 Å². The lowest BCUT2D eigenvalue weighted by atomic mass is 10.2. The highest BCUT2D eigenvalue weighted by atomic mass is 127. The number of nitrogens with zero attached hydrogens (tertiary/aromatic N) is 1. The minimum atomic E-state index is 0. The topological polar surface area (TPSA) is 45.7 Å². The number of aryl methyl sites for hydroxylation is 1. The fourth-order valence-corrected chi connectivity index (χ4v) is 2.15. The van der Waals surface area contributed by atoms with Crippen LogP contribution in [0.4, 0.5) is 0 Å². The first kappa shape index (κ1) is 19.1. The summed E-state index contributed by atoms with van der Waals surface area (Å²) < 4.78 is 5.71. The van der Waals surface area contributed by atoms with Crippen LogP contribution in [0.15, 0.2) is 29.3 Å². The van der Waals surface area contributed by atoms with Crippen molar-refractivity contribution in [3.63, 3.8) is 0 Å². The quantitative estimate of drug-likeness (QED) is 0.310. The molecule has 124 valence electrons. The predicted octanol–water partition coefficient (Wildman–Crippen LogP) is 3.35. The Labute approximate surface area is 151 Å². The van der Waals surface area contributed by atoms with Gasteiger partial charge in [-0.25, -0.2) is 0 Å². The maximum Gasteiger partial charge on any atom is 0.191 e. The van der Waals surface area contributed by atoms with Crippen LogP contribution >= 0.6 is 24.0 Å². The normalized spacial score (nSPS) is 20.0. The van der Waals surface area contributed by atoms with Crippen LogP contribution in [-0.2, 0) is 0 Å². The molecule has 1 saturated carbocycles. The molecule has 1 fully saturated rings. The van der Waals surface area contributed by atoms with Crippen LogP contribution in [-0.4, -0.2) is 32.2 Å². The van der Waals surface area contributed by atoms with Gasteiger partial charge in [-0.15, -0.1) is 24.0 Å². The number of unbranched alkanes of at least 4 members (excludes halogenated alkanes) is 1. The van der Waals surface area contributed by atoms with Gasteiger partial charge >= 0.3 is 0 Å². The molecule has 0 heterocycles. The molecule has 0 saturated heterocycles. The Hall–Kier alpha value is -0.980. The van der Waals surface area contributed by atoms with E-state index in [-0.39, 0.29) is 24.0 Å². The van der Waals surface area contributed by atoms with Gasteiger partial charge in [-0.3, -0.25) is 4.99 Å². The number of aliphatic imine (C=N–C) groups is 1. The Balaban J connectivity index is 0.00000242. The van der Waals surface area contributed by atoms with Gasteiger partial charge in [0, 0.05) is 19.6 Å². The summed E-state index contributed by atoms with van der Waals surface area (Å²) in [7, 11) is 1.82. The highest BCUT2D eigenvalue weighted by Gasteiger charge is 2.32. The first-order valence-corrected chi connectivity index (χ1v) is 7.85. The highest BCUT2D eigenvalue weighted by Crippen LogP contribution is 2.28. The molecule has 1 aromatic carbocycles. The number of guanidine groups is 1. The van der Waals surface area contributed by atoms with Crippen molar-refractivity contribution in [2.24, 2.45) is 10.9 Å². The molecule has 2 atom stereocenters. The number of rotatable bonds is 7. The van der Waals surface area contributed by atoms with Gasteiger partial charge in [0.05, 0.1) is 6.61 Å². The Kier molecular flexibility index (Phi) is 8.60. The molecule has 0 amide bonds. The summed E-state index contributed by atoms with van der Waals surface area (Å²) in [5, 5.41) is 6.77. The largest absolute Gasteiger partial charge is 0.494 e. The summed E-state index contributed by atoms with van der Waals surface area (Å²) >= 11 is 0. The second-order valence-corrected chi connectivity index (χ2v) is 5.83. The first-order valence-electron chi connectivity index (χ1n) is 7.85. The molecule has 0 aliphatic heterocycles. The maximum atomic E-state index is 5.71. The zero-order valence-corrected chi connectivity index (χ0v) is 16.1. The number of hydrogen-bond donors (Lipinski definition) is 2. The Bertz CT molecular complexity index is 461. The van der Waals surface area contributed by atoms with Crippen molar-refractivity contribution in [3.8, 4) is 5.75 Å². The second-order valence-electron chi connectivity index (χ2n) is 5.83. The van der Waals surface area contributed by atoms with Gasteiger partial charge in [-0.05, 0) is 44.2 Å². The lowest BCUT2D eigenvalue weighted by Crippen LogP contribution is -2.39. The summed E-state index contributed by atoms with van der Waals surface area (Å²) in [6.07, 6.45) is 3.37. The van der Waals surface area contributed by atoms with Gasteiger partial charge in [0.1, 0.15) is 5.75 Å². The van der Waals surface area contributed by atoms with E-state index in [1.165, 1.54) is 12.0 Å². The van der Waals surface area contributed by atoms with Crippen LogP contribution in [0, 0.1) is 12.8 Å². The van der Waals surface area contributed by atoms with Gasteiger partial charge in [0.2, 0.25) is 0 Å². The molecule has 2 unspecified atom stereocenters. The Morgan fingerprint density at radius 2 is 1.95 bits per heavy atom. The van der Waals surface area contributed by atoms with Crippen LogP contribution < -0.4 is 15.4 Å². The van der Waals surface area contributed by atoms with Gasteiger partial charge in [-0.1, -0.05) is 24.6 Å². The number of benzene rings is 1. The predicted molar refractivity (Wildman–Crippen MR) is 103 cm³/mol. The molecule has 2 rings (SSSR count). The monoisotopic (exact) mass is 417 g/mol. The van der Waals surface area contributed by atoms with E-state index in [4.69, 9.17) is 4.74 Å². The average Bonchev–Trinajstić information content (AvgIpc) is 3.18. The summed E-state index contributed by atoms with van der Waals surface area (Å²) in [6.45, 7) is 6.03. The molecule has 0 spiro atoms. The maximum absolute atomic E-state index is 5.71. The SMILES string of the molecule is CN=C(NCCCCOc1ccc(C)cc1)NC1CC1C.I. The zero-order chi connectivity index (χ0) is 15.1. The lowest BCUT2D eigenvalue weighted by Gasteiger charge is -2.11. The van der Waals surface area contributed by atoms with Gasteiger partial charge < -0.3 is 15.4 Å². The van der Waals surface area contributed by atoms with Gasteiger partial charge in [-0.2, -0.15) is 0 Å². The van der Waals surface area contributed by atoms with Gasteiger partial charge in [0.15, 0.2) is 5.96 Å². The Morgan fingerprint density at radius 3 is 2.55 bits per heavy atom. The summed E-state index contributed by atoms with van der Waals surface area (Å²) in [5.41, 5.74) is 1.26. The van der Waals surface area contributed by atoms with Crippen LogP contribution in [0.5, 0.6) is 5.75 Å². The molecule has 1 aromatic rings. The first-order chi connectivity index (χ1) is 10.2. The molecule has 2 N–H and O–H groups in total. The number of halogens is 1. The molecule has 22 heavy (non-hydrogen) atoms. The molecule has 5 heteroatoms. The fraction of sp³-hybridized carbons (Fsp3) is 0.588. The molecule has 0 bridgehead atoms. The van der Waals surface area contributed by atoms with Crippen molar-refractivity contribution < 1.29 is 4.74 Å². The molecular weight excluding hydrogens is 389 g/mol. The van der Waals surface area contributed by atoms with Crippen LogP contribution in [0.1, 0.15) is 31.7 Å². The third-order valence-corrected chi connectivity index (χ3v) is 3.81. The van der Waals surface area contributed by atoms with E-state index in [1.807, 2.05) is 19.2 Å². The second kappa shape index (κ2) is 9.92. The minimum Gasteiger partial charge on any atom is -0.494 e. The average molecular weight is 417 g/mol. The van der Waals surface area contributed by atoms with Crippen LogP contribution in [0.25, 0.3) is 0 Å². The molecular formula is C17H28IN3O. The molecule has 0 radical (unpaired) electrons. The Morgan fingerprint density at radius 1 is 1.27 bits per heavy atom. The van der Waals surface area contributed by atoms with E-state index in [0.29, 0.717) is 6.04 Å². The van der Waals surface area contributed by atoms with Crippen molar-refractivity contribution in [2.45, 2.75) is 39.2 Å². The van der Waals surface area contributed by atoms with Crippen molar-refractivity contribution in [3.05, 3.63) is 29.8 Å². The van der Waals surface area contributed by atoms with Crippen molar-refractivity contribution in [1.82, 2.24) is 10.6 Å². The van der Waals surface area contributed by atoms with Crippen molar-refractivity contribution in [1.29, 1.82) is 0 Å². The third kappa shape index (κ3) is 6.85. The van der Waals surface area contributed by atoms with E-state index < -0.39 is 0 Å². The highest BCUT2D eigenvalue weighted by molar-refractivity contribution is 14.0. The molecule has 1 aliphatic rings. The minimum absolute atomic E-state index is 0. The van der Waals surface area contributed by atoms with Crippen molar-refractivity contribution >= 4 is 29.9 Å². The zero-order valence-electron chi connectivity index (χ0n) is 13.8. The van der Waals surface area contributed by atoms with E-state index in [9.17, 15) is 0 Å². The standard InChI is InChI=1S/C17H27N3O.HI/c1-13-6-8-15(9-7-13)21-11-5-4-10-19-17(18-3)20-16-12-14(16)2;/h6-9,14,16H,4-5,10-12H2,1-3H3,(H2,18,19,20);1H. The number of ether oxygens (including phenoxy) is 1. The van der Waals surface area contributed by atoms with E-state index in [1.54, 1.807) is 0 Å². The summed E-state index contributed by atoms with van der Waals surface area (Å²) in [4.78, 5) is 4.24. The van der Waals surface area contributed by atoms with E-state index in [0.717, 1.165) is 43.6 Å².